The average Bonchev–Trinajstić information content (AvgIpc) is 2.82. The largest absolute Gasteiger partial charge is 0.398 e. The molecule has 0 bridgehead atoms. The first-order valence-corrected chi connectivity index (χ1v) is 6.56. The fourth-order valence-corrected chi connectivity index (χ4v) is 2.32. The molecule has 0 radical (unpaired) electrons. The van der Waals surface area contributed by atoms with Crippen LogP contribution in [0.25, 0.3) is 0 Å². The summed E-state index contributed by atoms with van der Waals surface area (Å²) in [6.45, 7) is 0.428. The van der Waals surface area contributed by atoms with E-state index in [0.29, 0.717) is 22.3 Å². The normalized spacial score (nSPS) is 10.2. The van der Waals surface area contributed by atoms with Gasteiger partial charge in [-0.05, 0) is 28.1 Å². The number of halogens is 1. The van der Waals surface area contributed by atoms with Crippen molar-refractivity contribution in [2.75, 3.05) is 5.73 Å². The highest BCUT2D eigenvalue weighted by Crippen LogP contribution is 2.23. The van der Waals surface area contributed by atoms with E-state index in [1.165, 1.54) is 11.3 Å². The van der Waals surface area contributed by atoms with Crippen molar-refractivity contribution >= 4 is 38.9 Å². The minimum atomic E-state index is -0.167. The Morgan fingerprint density at radius 3 is 3.06 bits per heavy atom. The van der Waals surface area contributed by atoms with Crippen LogP contribution in [0.15, 0.2) is 34.2 Å². The molecule has 2 aromatic rings. The van der Waals surface area contributed by atoms with Crippen molar-refractivity contribution < 1.29 is 4.79 Å². The number of aromatic nitrogens is 1. The van der Waals surface area contributed by atoms with E-state index in [2.05, 4.69) is 26.2 Å². The highest BCUT2D eigenvalue weighted by Gasteiger charge is 2.11. The van der Waals surface area contributed by atoms with Gasteiger partial charge >= 0.3 is 0 Å². The molecule has 0 fully saturated rings. The van der Waals surface area contributed by atoms with Crippen LogP contribution in [-0.2, 0) is 6.54 Å². The summed E-state index contributed by atoms with van der Waals surface area (Å²) >= 11 is 4.81. The third-order valence-corrected chi connectivity index (χ3v) is 3.82. The molecule has 6 heteroatoms. The van der Waals surface area contributed by atoms with Gasteiger partial charge in [-0.3, -0.25) is 4.79 Å². The summed E-state index contributed by atoms with van der Waals surface area (Å²) in [5.74, 6) is -0.167. The molecule has 17 heavy (non-hydrogen) atoms. The number of nitrogens with zero attached hydrogens (tertiary/aromatic N) is 1. The Morgan fingerprint density at radius 2 is 2.35 bits per heavy atom. The molecule has 0 saturated carbocycles. The highest BCUT2D eigenvalue weighted by atomic mass is 79.9. The Balaban J connectivity index is 2.07. The molecule has 0 atom stereocenters. The fraction of sp³-hybridized carbons (Fsp3) is 0.0909. The Kier molecular flexibility index (Phi) is 3.75. The third-order valence-electron chi connectivity index (χ3n) is 2.16. The van der Waals surface area contributed by atoms with Crippen LogP contribution in [0.2, 0.25) is 0 Å². The van der Waals surface area contributed by atoms with E-state index in [1.54, 1.807) is 24.4 Å². The van der Waals surface area contributed by atoms with E-state index in [0.717, 1.165) is 5.01 Å². The summed E-state index contributed by atoms with van der Waals surface area (Å²) in [6, 6.07) is 5.21. The zero-order chi connectivity index (χ0) is 12.3. The number of amides is 1. The first-order valence-electron chi connectivity index (χ1n) is 4.89. The van der Waals surface area contributed by atoms with Gasteiger partial charge in [-0.2, -0.15) is 0 Å². The van der Waals surface area contributed by atoms with Gasteiger partial charge in [-0.25, -0.2) is 4.98 Å². The Labute approximate surface area is 111 Å². The molecular weight excluding hydrogens is 302 g/mol. The number of carbonyl (C=O) groups excluding carboxylic acids is 1. The van der Waals surface area contributed by atoms with Gasteiger partial charge < -0.3 is 11.1 Å². The second-order valence-corrected chi connectivity index (χ2v) is 5.09. The number of nitrogen functional groups attached to an aromatic ring is 1. The summed E-state index contributed by atoms with van der Waals surface area (Å²) < 4.78 is 0.622. The molecule has 0 aliphatic carbocycles. The van der Waals surface area contributed by atoms with Crippen molar-refractivity contribution in [1.82, 2.24) is 10.3 Å². The molecule has 0 saturated heterocycles. The minimum Gasteiger partial charge on any atom is -0.398 e. The zero-order valence-corrected chi connectivity index (χ0v) is 11.2. The van der Waals surface area contributed by atoms with Crippen LogP contribution in [0.1, 0.15) is 15.4 Å². The summed E-state index contributed by atoms with van der Waals surface area (Å²) in [6.07, 6.45) is 1.71. The molecule has 1 heterocycles. The van der Waals surface area contributed by atoms with E-state index < -0.39 is 0 Å². The van der Waals surface area contributed by atoms with Gasteiger partial charge in [0.15, 0.2) is 0 Å². The summed E-state index contributed by atoms with van der Waals surface area (Å²) in [4.78, 5) is 16.0. The van der Waals surface area contributed by atoms with E-state index in [1.807, 2.05) is 5.38 Å². The number of hydrogen-bond acceptors (Lipinski definition) is 4. The predicted octanol–water partition coefficient (Wildman–Crippen LogP) is 2.42. The van der Waals surface area contributed by atoms with Crippen molar-refractivity contribution in [1.29, 1.82) is 0 Å². The van der Waals surface area contributed by atoms with Crippen molar-refractivity contribution in [2.45, 2.75) is 6.54 Å². The van der Waals surface area contributed by atoms with Crippen molar-refractivity contribution in [3.8, 4) is 0 Å². The molecule has 0 aliphatic heterocycles. The van der Waals surface area contributed by atoms with Crippen LogP contribution in [0.5, 0.6) is 0 Å². The number of thiazole rings is 1. The van der Waals surface area contributed by atoms with Gasteiger partial charge in [0.2, 0.25) is 0 Å². The maximum absolute atomic E-state index is 11.9. The number of rotatable bonds is 3. The van der Waals surface area contributed by atoms with Crippen LogP contribution in [-0.4, -0.2) is 10.9 Å². The van der Waals surface area contributed by atoms with E-state index in [9.17, 15) is 4.79 Å². The lowest BCUT2D eigenvalue weighted by molar-refractivity contribution is 0.0950. The number of nitrogens with two attached hydrogens (primary N) is 1. The molecule has 3 N–H and O–H groups in total. The van der Waals surface area contributed by atoms with E-state index in [4.69, 9.17) is 5.73 Å². The van der Waals surface area contributed by atoms with Crippen LogP contribution >= 0.6 is 27.3 Å². The van der Waals surface area contributed by atoms with E-state index >= 15 is 0 Å². The maximum Gasteiger partial charge on any atom is 0.252 e. The standard InChI is InChI=1S/C11H10BrN3OS/c12-10-7(2-1-3-8(10)13)11(16)15-6-9-14-4-5-17-9/h1-5H,6,13H2,(H,15,16). The van der Waals surface area contributed by atoms with E-state index in [-0.39, 0.29) is 5.91 Å². The first kappa shape index (κ1) is 12.1. The highest BCUT2D eigenvalue weighted by molar-refractivity contribution is 9.10. The smallest absolute Gasteiger partial charge is 0.252 e. The van der Waals surface area contributed by atoms with Crippen molar-refractivity contribution in [3.63, 3.8) is 0 Å². The van der Waals surface area contributed by atoms with Crippen LogP contribution < -0.4 is 11.1 Å². The van der Waals surface area contributed by atoms with Crippen LogP contribution in [0, 0.1) is 0 Å². The van der Waals surface area contributed by atoms with Crippen LogP contribution in [0.3, 0.4) is 0 Å². The lowest BCUT2D eigenvalue weighted by Crippen LogP contribution is -2.23. The number of nitrogens with one attached hydrogen (secondary N) is 1. The summed E-state index contributed by atoms with van der Waals surface area (Å²) in [5.41, 5.74) is 6.79. The topological polar surface area (TPSA) is 68.0 Å². The summed E-state index contributed by atoms with van der Waals surface area (Å²) in [7, 11) is 0. The maximum atomic E-state index is 11.9. The molecule has 0 aliphatic rings. The Hall–Kier alpha value is -1.40. The predicted molar refractivity (Wildman–Crippen MR) is 71.8 cm³/mol. The fourth-order valence-electron chi connectivity index (χ4n) is 1.32. The monoisotopic (exact) mass is 311 g/mol. The van der Waals surface area contributed by atoms with Gasteiger partial charge in [0.05, 0.1) is 16.6 Å². The first-order chi connectivity index (χ1) is 8.18. The molecule has 2 rings (SSSR count). The summed E-state index contributed by atoms with van der Waals surface area (Å²) in [5, 5.41) is 5.54. The average molecular weight is 312 g/mol. The number of benzene rings is 1. The Morgan fingerprint density at radius 1 is 1.53 bits per heavy atom. The van der Waals surface area contributed by atoms with Crippen molar-refractivity contribution in [3.05, 3.63) is 44.8 Å². The lowest BCUT2D eigenvalue weighted by Gasteiger charge is -2.06. The molecule has 0 spiro atoms. The van der Waals surface area contributed by atoms with Crippen molar-refractivity contribution in [2.24, 2.45) is 0 Å². The lowest BCUT2D eigenvalue weighted by atomic mass is 10.2. The molecule has 1 aromatic carbocycles. The minimum absolute atomic E-state index is 0.167. The van der Waals surface area contributed by atoms with Gasteiger partial charge in [-0.15, -0.1) is 11.3 Å². The van der Waals surface area contributed by atoms with Gasteiger partial charge in [-0.1, -0.05) is 6.07 Å². The SMILES string of the molecule is Nc1cccc(C(=O)NCc2nccs2)c1Br. The second-order valence-electron chi connectivity index (χ2n) is 3.32. The second kappa shape index (κ2) is 5.29. The van der Waals surface area contributed by atoms with Crippen LogP contribution in [0.4, 0.5) is 5.69 Å². The van der Waals surface area contributed by atoms with Gasteiger partial charge in [0, 0.05) is 17.3 Å². The van der Waals surface area contributed by atoms with Gasteiger partial charge in [0.1, 0.15) is 5.01 Å². The number of anilines is 1. The molecule has 0 unspecified atom stereocenters. The molecule has 1 aromatic heterocycles. The molecule has 88 valence electrons. The Bertz CT molecular complexity index is 528. The number of hydrogen-bond donors (Lipinski definition) is 2. The van der Waals surface area contributed by atoms with Gasteiger partial charge in [0.25, 0.3) is 5.91 Å². The molecular formula is C11H10BrN3OS. The molecule has 1 amide bonds. The molecule has 4 nitrogen and oxygen atoms in total. The quantitative estimate of drug-likeness (QED) is 0.855. The third kappa shape index (κ3) is 2.83. The zero-order valence-electron chi connectivity index (χ0n) is 8.81. The number of carbonyl (C=O) groups is 1.